The lowest BCUT2D eigenvalue weighted by Gasteiger charge is -2.32. The average molecular weight is 241 g/mol. The van der Waals surface area contributed by atoms with E-state index in [4.69, 9.17) is 5.73 Å². The molecule has 0 saturated heterocycles. The summed E-state index contributed by atoms with van der Waals surface area (Å²) < 4.78 is 0. The van der Waals surface area contributed by atoms with E-state index in [9.17, 15) is 0 Å². The number of hydrogen-bond acceptors (Lipinski definition) is 4. The molecular formula is C12H23N3S. The van der Waals surface area contributed by atoms with Gasteiger partial charge in [-0.25, -0.2) is 4.98 Å². The lowest BCUT2D eigenvalue weighted by atomic mass is 9.92. The zero-order valence-corrected chi connectivity index (χ0v) is 11.8. The van der Waals surface area contributed by atoms with Crippen LogP contribution in [0.3, 0.4) is 0 Å². The third-order valence-electron chi connectivity index (χ3n) is 2.96. The SMILES string of the molecule is Cc1nc(C(C)N(C)CC(C)(C)CN)cs1. The van der Waals surface area contributed by atoms with Crippen LogP contribution in [0.15, 0.2) is 5.38 Å². The zero-order chi connectivity index (χ0) is 12.3. The van der Waals surface area contributed by atoms with Crippen molar-refractivity contribution in [1.82, 2.24) is 9.88 Å². The van der Waals surface area contributed by atoms with Gasteiger partial charge in [-0.2, -0.15) is 0 Å². The summed E-state index contributed by atoms with van der Waals surface area (Å²) in [6.07, 6.45) is 0. The Morgan fingerprint density at radius 1 is 1.56 bits per heavy atom. The molecule has 0 fully saturated rings. The van der Waals surface area contributed by atoms with Gasteiger partial charge in [-0.05, 0) is 32.9 Å². The van der Waals surface area contributed by atoms with Crippen molar-refractivity contribution in [3.05, 3.63) is 16.1 Å². The molecule has 1 unspecified atom stereocenters. The minimum absolute atomic E-state index is 0.161. The number of rotatable bonds is 5. The normalized spacial score (nSPS) is 14.4. The quantitative estimate of drug-likeness (QED) is 0.861. The Bertz CT molecular complexity index is 333. The van der Waals surface area contributed by atoms with Crippen molar-refractivity contribution < 1.29 is 0 Å². The van der Waals surface area contributed by atoms with Crippen LogP contribution in [0.25, 0.3) is 0 Å². The first-order valence-electron chi connectivity index (χ1n) is 5.68. The molecule has 1 aromatic heterocycles. The molecule has 1 aromatic rings. The van der Waals surface area contributed by atoms with Crippen molar-refractivity contribution in [3.8, 4) is 0 Å². The second-order valence-electron chi connectivity index (χ2n) is 5.25. The fourth-order valence-corrected chi connectivity index (χ4v) is 2.37. The summed E-state index contributed by atoms with van der Waals surface area (Å²) in [5, 5.41) is 3.28. The highest BCUT2D eigenvalue weighted by molar-refractivity contribution is 7.09. The maximum Gasteiger partial charge on any atom is 0.0898 e. The Morgan fingerprint density at radius 2 is 2.19 bits per heavy atom. The second-order valence-corrected chi connectivity index (χ2v) is 6.31. The summed E-state index contributed by atoms with van der Waals surface area (Å²) in [4.78, 5) is 6.85. The monoisotopic (exact) mass is 241 g/mol. The van der Waals surface area contributed by atoms with Gasteiger partial charge in [-0.1, -0.05) is 13.8 Å². The van der Waals surface area contributed by atoms with E-state index in [-0.39, 0.29) is 5.41 Å². The van der Waals surface area contributed by atoms with E-state index in [1.807, 2.05) is 6.92 Å². The zero-order valence-electron chi connectivity index (χ0n) is 10.9. The van der Waals surface area contributed by atoms with Crippen molar-refractivity contribution >= 4 is 11.3 Å². The Kier molecular flexibility index (Phi) is 4.47. The molecule has 0 aliphatic heterocycles. The first-order chi connectivity index (χ1) is 7.35. The predicted molar refractivity (Wildman–Crippen MR) is 70.7 cm³/mol. The topological polar surface area (TPSA) is 42.2 Å². The van der Waals surface area contributed by atoms with E-state index in [0.717, 1.165) is 17.2 Å². The molecular weight excluding hydrogens is 218 g/mol. The van der Waals surface area contributed by atoms with E-state index in [0.29, 0.717) is 12.6 Å². The maximum atomic E-state index is 5.76. The molecule has 1 atom stereocenters. The number of nitrogens with zero attached hydrogens (tertiary/aromatic N) is 2. The van der Waals surface area contributed by atoms with Crippen LogP contribution in [-0.4, -0.2) is 30.0 Å². The minimum atomic E-state index is 0.161. The number of nitrogens with two attached hydrogens (primary N) is 1. The van der Waals surface area contributed by atoms with E-state index in [1.165, 1.54) is 0 Å². The molecule has 0 saturated carbocycles. The van der Waals surface area contributed by atoms with Gasteiger partial charge in [0.05, 0.1) is 10.7 Å². The van der Waals surface area contributed by atoms with Crippen LogP contribution >= 0.6 is 11.3 Å². The molecule has 16 heavy (non-hydrogen) atoms. The Labute approximate surface area is 103 Å². The molecule has 0 spiro atoms. The molecule has 1 rings (SSSR count). The van der Waals surface area contributed by atoms with Crippen LogP contribution in [-0.2, 0) is 0 Å². The minimum Gasteiger partial charge on any atom is -0.330 e. The van der Waals surface area contributed by atoms with Gasteiger partial charge in [0.25, 0.3) is 0 Å². The fourth-order valence-electron chi connectivity index (χ4n) is 1.67. The van der Waals surface area contributed by atoms with Gasteiger partial charge in [-0.15, -0.1) is 11.3 Å². The first kappa shape index (κ1) is 13.6. The first-order valence-corrected chi connectivity index (χ1v) is 6.56. The highest BCUT2D eigenvalue weighted by atomic mass is 32.1. The van der Waals surface area contributed by atoms with E-state index in [1.54, 1.807) is 11.3 Å². The molecule has 92 valence electrons. The van der Waals surface area contributed by atoms with Gasteiger partial charge < -0.3 is 5.73 Å². The average Bonchev–Trinajstić information content (AvgIpc) is 2.63. The number of hydrogen-bond donors (Lipinski definition) is 1. The summed E-state index contributed by atoms with van der Waals surface area (Å²) in [7, 11) is 2.14. The van der Waals surface area contributed by atoms with Crippen LogP contribution < -0.4 is 5.73 Å². The Balaban J connectivity index is 2.64. The van der Waals surface area contributed by atoms with Gasteiger partial charge in [0.15, 0.2) is 0 Å². The highest BCUT2D eigenvalue weighted by Crippen LogP contribution is 2.24. The van der Waals surface area contributed by atoms with Crippen LogP contribution in [0, 0.1) is 12.3 Å². The van der Waals surface area contributed by atoms with Gasteiger partial charge in [-0.3, -0.25) is 4.90 Å². The van der Waals surface area contributed by atoms with Crippen LogP contribution in [0.2, 0.25) is 0 Å². The lowest BCUT2D eigenvalue weighted by Crippen LogP contribution is -2.38. The van der Waals surface area contributed by atoms with Crippen molar-refractivity contribution in [2.75, 3.05) is 20.1 Å². The predicted octanol–water partition coefficient (Wildman–Crippen LogP) is 2.43. The lowest BCUT2D eigenvalue weighted by molar-refractivity contribution is 0.172. The van der Waals surface area contributed by atoms with Gasteiger partial charge in [0, 0.05) is 18.0 Å². The molecule has 2 N–H and O–H groups in total. The summed E-state index contributed by atoms with van der Waals surface area (Å²) in [6.45, 7) is 10.3. The third kappa shape index (κ3) is 3.54. The summed E-state index contributed by atoms with van der Waals surface area (Å²) in [6, 6.07) is 0.357. The van der Waals surface area contributed by atoms with E-state index in [2.05, 4.69) is 43.1 Å². The van der Waals surface area contributed by atoms with E-state index >= 15 is 0 Å². The fraction of sp³-hybridized carbons (Fsp3) is 0.750. The van der Waals surface area contributed by atoms with Crippen LogP contribution in [0.4, 0.5) is 0 Å². The summed E-state index contributed by atoms with van der Waals surface area (Å²) in [5.41, 5.74) is 7.08. The van der Waals surface area contributed by atoms with Crippen molar-refractivity contribution in [2.24, 2.45) is 11.1 Å². The summed E-state index contributed by atoms with van der Waals surface area (Å²) in [5.74, 6) is 0. The van der Waals surface area contributed by atoms with Crippen molar-refractivity contribution in [1.29, 1.82) is 0 Å². The molecule has 1 heterocycles. The Hall–Kier alpha value is -0.450. The van der Waals surface area contributed by atoms with Crippen molar-refractivity contribution in [3.63, 3.8) is 0 Å². The molecule has 0 aliphatic carbocycles. The standard InChI is InChI=1S/C12H23N3S/c1-9(11-6-16-10(2)14-11)15(5)8-12(3,4)7-13/h6,9H,7-8,13H2,1-5H3. The largest absolute Gasteiger partial charge is 0.330 e. The second kappa shape index (κ2) is 5.25. The molecule has 3 nitrogen and oxygen atoms in total. The molecule has 0 aromatic carbocycles. The van der Waals surface area contributed by atoms with Crippen LogP contribution in [0.5, 0.6) is 0 Å². The van der Waals surface area contributed by atoms with E-state index < -0.39 is 0 Å². The number of aromatic nitrogens is 1. The third-order valence-corrected chi connectivity index (χ3v) is 3.75. The van der Waals surface area contributed by atoms with Gasteiger partial charge in [0.1, 0.15) is 0 Å². The van der Waals surface area contributed by atoms with Gasteiger partial charge in [0.2, 0.25) is 0 Å². The smallest absolute Gasteiger partial charge is 0.0898 e. The summed E-state index contributed by atoms with van der Waals surface area (Å²) >= 11 is 1.71. The maximum absolute atomic E-state index is 5.76. The highest BCUT2D eigenvalue weighted by Gasteiger charge is 2.22. The Morgan fingerprint density at radius 3 is 2.62 bits per heavy atom. The van der Waals surface area contributed by atoms with Crippen LogP contribution in [0.1, 0.15) is 37.5 Å². The molecule has 0 bridgehead atoms. The number of aryl methyl sites for hydroxylation is 1. The molecule has 0 amide bonds. The number of thiazole rings is 1. The molecule has 4 heteroatoms. The van der Waals surface area contributed by atoms with Gasteiger partial charge >= 0.3 is 0 Å². The molecule has 0 radical (unpaired) electrons. The molecule has 0 aliphatic rings. The van der Waals surface area contributed by atoms with Crippen molar-refractivity contribution in [2.45, 2.75) is 33.7 Å².